The van der Waals surface area contributed by atoms with Crippen molar-refractivity contribution in [1.82, 2.24) is 4.90 Å². The van der Waals surface area contributed by atoms with E-state index in [0.29, 0.717) is 33.7 Å². The first-order chi connectivity index (χ1) is 17.8. The molecule has 0 aliphatic carbocycles. The van der Waals surface area contributed by atoms with Gasteiger partial charge in [-0.15, -0.1) is 0 Å². The van der Waals surface area contributed by atoms with Gasteiger partial charge in [0.1, 0.15) is 6.61 Å². The predicted octanol–water partition coefficient (Wildman–Crippen LogP) is 7.12. The van der Waals surface area contributed by atoms with E-state index in [-0.39, 0.29) is 29.3 Å². The molecule has 0 unspecified atom stereocenters. The van der Waals surface area contributed by atoms with Gasteiger partial charge >= 0.3 is 0 Å². The molecule has 3 aromatic rings. The average molecular weight is 559 g/mol. The number of carbonyl (C=O) groups is 2. The Hall–Kier alpha value is -3.53. The second-order valence-corrected chi connectivity index (χ2v) is 9.64. The minimum absolute atomic E-state index is 0.150. The first kappa shape index (κ1) is 26.5. The number of hydrogen-bond donors (Lipinski definition) is 0. The van der Waals surface area contributed by atoms with E-state index in [2.05, 4.69) is 0 Å². The largest absolute Gasteiger partial charge is 0.490 e. The number of thioether (sulfide) groups is 1. The molecule has 0 bridgehead atoms. The molecule has 37 heavy (non-hydrogen) atoms. The molecule has 1 fully saturated rings. The maximum Gasteiger partial charge on any atom is 0.293 e. The molecule has 0 saturated carbocycles. The Bertz CT molecular complexity index is 1410. The number of nitro benzene ring substituents is 1. The van der Waals surface area contributed by atoms with Crippen LogP contribution in [0.5, 0.6) is 11.5 Å². The van der Waals surface area contributed by atoms with E-state index in [1.807, 2.05) is 13.0 Å². The fraction of sp³-hybridized carbons (Fsp3) is 0.154. The normalized spacial score (nSPS) is 14.4. The fourth-order valence-electron chi connectivity index (χ4n) is 3.57. The zero-order valence-electron chi connectivity index (χ0n) is 19.5. The number of imide groups is 1. The van der Waals surface area contributed by atoms with Gasteiger partial charge in [-0.1, -0.05) is 53.5 Å². The highest BCUT2D eigenvalue weighted by Crippen LogP contribution is 2.36. The lowest BCUT2D eigenvalue weighted by Gasteiger charge is -2.13. The van der Waals surface area contributed by atoms with Gasteiger partial charge in [0.2, 0.25) is 0 Å². The first-order valence-corrected chi connectivity index (χ1v) is 12.6. The highest BCUT2D eigenvalue weighted by atomic mass is 35.5. The van der Waals surface area contributed by atoms with Crippen molar-refractivity contribution in [2.24, 2.45) is 0 Å². The number of nitrogens with zero attached hydrogens (tertiary/aromatic N) is 2. The molecule has 0 aromatic heterocycles. The molecule has 0 spiro atoms. The molecule has 0 atom stereocenters. The van der Waals surface area contributed by atoms with Crippen LogP contribution in [0.1, 0.15) is 23.6 Å². The number of ether oxygens (including phenoxy) is 2. The van der Waals surface area contributed by atoms with Crippen LogP contribution in [0, 0.1) is 10.1 Å². The summed E-state index contributed by atoms with van der Waals surface area (Å²) in [7, 11) is 0. The summed E-state index contributed by atoms with van der Waals surface area (Å²) in [5, 5.41) is 11.7. The zero-order chi connectivity index (χ0) is 26.5. The van der Waals surface area contributed by atoms with E-state index in [4.69, 9.17) is 32.7 Å². The quantitative estimate of drug-likeness (QED) is 0.156. The number of amides is 2. The first-order valence-electron chi connectivity index (χ1n) is 11.1. The second kappa shape index (κ2) is 11.7. The van der Waals surface area contributed by atoms with Crippen molar-refractivity contribution in [3.05, 3.63) is 102 Å². The van der Waals surface area contributed by atoms with Gasteiger partial charge < -0.3 is 9.47 Å². The Morgan fingerprint density at radius 3 is 2.51 bits per heavy atom. The molecule has 190 valence electrons. The molecule has 1 heterocycles. The smallest absolute Gasteiger partial charge is 0.293 e. The number of benzene rings is 3. The van der Waals surface area contributed by atoms with Crippen LogP contribution in [0.15, 0.2) is 65.6 Å². The Balaban J connectivity index is 1.52. The van der Waals surface area contributed by atoms with Gasteiger partial charge in [-0.3, -0.25) is 24.6 Å². The van der Waals surface area contributed by atoms with Gasteiger partial charge in [-0.05, 0) is 60.2 Å². The lowest BCUT2D eigenvalue weighted by molar-refractivity contribution is -0.385. The van der Waals surface area contributed by atoms with Crippen molar-refractivity contribution >= 4 is 57.9 Å². The van der Waals surface area contributed by atoms with Crippen molar-refractivity contribution in [1.29, 1.82) is 0 Å². The summed E-state index contributed by atoms with van der Waals surface area (Å²) in [6, 6.07) is 16.4. The van der Waals surface area contributed by atoms with E-state index < -0.39 is 16.1 Å². The SMILES string of the molecule is CCOc1cc(/C=C2\SC(=O)N(Cc3ccccc3[N+](=O)[O-])C2=O)ccc1OCc1ccc(Cl)c(Cl)c1. The molecule has 2 amide bonds. The second-order valence-electron chi connectivity index (χ2n) is 7.83. The number of nitro groups is 1. The maximum atomic E-state index is 13.0. The van der Waals surface area contributed by atoms with Crippen molar-refractivity contribution in [2.45, 2.75) is 20.1 Å². The third kappa shape index (κ3) is 6.25. The lowest BCUT2D eigenvalue weighted by atomic mass is 10.1. The topological polar surface area (TPSA) is 99.0 Å². The van der Waals surface area contributed by atoms with Crippen LogP contribution in [0.2, 0.25) is 10.0 Å². The summed E-state index contributed by atoms with van der Waals surface area (Å²) in [4.78, 5) is 37.5. The average Bonchev–Trinajstić information content (AvgIpc) is 3.13. The minimum atomic E-state index is -0.537. The molecule has 1 aliphatic rings. The molecular formula is C26H20Cl2N2O6S. The van der Waals surface area contributed by atoms with Crippen molar-refractivity contribution < 1.29 is 24.0 Å². The standard InChI is InChI=1S/C26H20Cl2N2O6S/c1-2-35-23-12-16(8-10-22(23)36-15-17-7-9-19(27)20(28)11-17)13-24-25(31)29(26(32)37-24)14-18-5-3-4-6-21(18)30(33)34/h3-13H,2,14-15H2,1H3/b24-13-. The molecule has 11 heteroatoms. The summed E-state index contributed by atoms with van der Waals surface area (Å²) in [5.41, 5.74) is 1.58. The van der Waals surface area contributed by atoms with Gasteiger partial charge in [0.05, 0.1) is 33.0 Å². The predicted molar refractivity (Wildman–Crippen MR) is 143 cm³/mol. The summed E-state index contributed by atoms with van der Waals surface area (Å²) < 4.78 is 11.6. The van der Waals surface area contributed by atoms with Gasteiger partial charge in [-0.2, -0.15) is 0 Å². The van der Waals surface area contributed by atoms with E-state index in [0.717, 1.165) is 22.2 Å². The molecule has 1 aliphatic heterocycles. The zero-order valence-corrected chi connectivity index (χ0v) is 21.8. The third-order valence-corrected chi connectivity index (χ3v) is 6.98. The van der Waals surface area contributed by atoms with Gasteiger partial charge in [0, 0.05) is 11.6 Å². The van der Waals surface area contributed by atoms with Crippen LogP contribution in [0.3, 0.4) is 0 Å². The molecule has 3 aromatic carbocycles. The Morgan fingerprint density at radius 2 is 1.78 bits per heavy atom. The molecule has 0 N–H and O–H groups in total. The molecule has 1 saturated heterocycles. The number of hydrogen-bond acceptors (Lipinski definition) is 7. The Labute approximate surface area is 226 Å². The molecular weight excluding hydrogens is 539 g/mol. The van der Waals surface area contributed by atoms with Crippen molar-refractivity contribution in [3.8, 4) is 11.5 Å². The van der Waals surface area contributed by atoms with E-state index in [9.17, 15) is 19.7 Å². The van der Waals surface area contributed by atoms with E-state index in [1.165, 1.54) is 18.2 Å². The van der Waals surface area contributed by atoms with Crippen LogP contribution in [0.4, 0.5) is 10.5 Å². The van der Waals surface area contributed by atoms with Crippen LogP contribution < -0.4 is 9.47 Å². The van der Waals surface area contributed by atoms with Crippen LogP contribution in [-0.2, 0) is 17.9 Å². The number of rotatable bonds is 9. The Kier molecular flexibility index (Phi) is 8.38. The summed E-state index contributed by atoms with van der Waals surface area (Å²) in [5.74, 6) is 0.441. The van der Waals surface area contributed by atoms with Gasteiger partial charge in [-0.25, -0.2) is 0 Å². The van der Waals surface area contributed by atoms with Crippen LogP contribution in [0.25, 0.3) is 6.08 Å². The molecule has 0 radical (unpaired) electrons. The van der Waals surface area contributed by atoms with Crippen LogP contribution in [-0.4, -0.2) is 27.6 Å². The van der Waals surface area contributed by atoms with Crippen molar-refractivity contribution in [3.63, 3.8) is 0 Å². The molecule has 4 rings (SSSR count). The number of carbonyl (C=O) groups excluding carboxylic acids is 2. The van der Waals surface area contributed by atoms with Gasteiger partial charge in [0.15, 0.2) is 11.5 Å². The van der Waals surface area contributed by atoms with E-state index >= 15 is 0 Å². The minimum Gasteiger partial charge on any atom is -0.490 e. The monoisotopic (exact) mass is 558 g/mol. The third-order valence-electron chi connectivity index (χ3n) is 5.33. The van der Waals surface area contributed by atoms with Crippen LogP contribution >= 0.6 is 35.0 Å². The lowest BCUT2D eigenvalue weighted by Crippen LogP contribution is -2.27. The Morgan fingerprint density at radius 1 is 1.00 bits per heavy atom. The fourth-order valence-corrected chi connectivity index (χ4v) is 4.73. The van der Waals surface area contributed by atoms with Crippen molar-refractivity contribution in [2.75, 3.05) is 6.61 Å². The highest BCUT2D eigenvalue weighted by molar-refractivity contribution is 8.18. The number of para-hydroxylation sites is 1. The number of halogens is 2. The summed E-state index contributed by atoms with van der Waals surface area (Å²) in [6.07, 6.45) is 1.58. The summed E-state index contributed by atoms with van der Waals surface area (Å²) in [6.45, 7) is 2.27. The van der Waals surface area contributed by atoms with E-state index in [1.54, 1.807) is 42.5 Å². The summed E-state index contributed by atoms with van der Waals surface area (Å²) >= 11 is 12.8. The molecule has 8 nitrogen and oxygen atoms in total. The highest BCUT2D eigenvalue weighted by Gasteiger charge is 2.36. The maximum absolute atomic E-state index is 13.0. The van der Waals surface area contributed by atoms with Gasteiger partial charge in [0.25, 0.3) is 16.8 Å².